The minimum atomic E-state index is -1.94. The summed E-state index contributed by atoms with van der Waals surface area (Å²) in [6.07, 6.45) is -3.68. The van der Waals surface area contributed by atoms with Crippen LogP contribution in [0.15, 0.2) is 146 Å². The summed E-state index contributed by atoms with van der Waals surface area (Å²) in [6.45, 7) is 0.905. The van der Waals surface area contributed by atoms with E-state index in [2.05, 4.69) is 115 Å². The Hall–Kier alpha value is -13.6. The monoisotopic (exact) mass is 1920 g/mol. The molecular formula is C89H121N21O23S2. The van der Waals surface area contributed by atoms with Crippen molar-refractivity contribution in [3.05, 3.63) is 174 Å². The van der Waals surface area contributed by atoms with Gasteiger partial charge < -0.3 is 139 Å². The number of nitrogens with two attached hydrogens (primary N) is 4. The number of carbonyl (C=O) groups excluding carboxylic acids is 17. The first-order valence-corrected chi connectivity index (χ1v) is 44.7. The van der Waals surface area contributed by atoms with Crippen LogP contribution < -0.4 is 108 Å². The van der Waals surface area contributed by atoms with Crippen LogP contribution in [0, 0.1) is 0 Å². The predicted molar refractivity (Wildman–Crippen MR) is 497 cm³/mol. The fraction of sp³-hybridized carbons (Fsp3) is 0.438. The number of nitrogens with one attached hydrogen (secondary N) is 17. The summed E-state index contributed by atoms with van der Waals surface area (Å²) >= 11 is 8.14. The smallest absolute Gasteiger partial charge is 0.327 e. The van der Waals surface area contributed by atoms with Gasteiger partial charge in [0.1, 0.15) is 90.3 Å². The number of fused-ring (bicyclic) bond motifs is 1. The Morgan fingerprint density at radius 1 is 0.363 bits per heavy atom. The number of hydrogen-bond acceptors (Lipinski definition) is 27. The van der Waals surface area contributed by atoms with Crippen LogP contribution in [-0.2, 0) is 118 Å². The van der Waals surface area contributed by atoms with E-state index in [0.29, 0.717) is 45.1 Å². The van der Waals surface area contributed by atoms with Gasteiger partial charge in [-0.2, -0.15) is 25.3 Å². The van der Waals surface area contributed by atoms with Gasteiger partial charge in [0.15, 0.2) is 0 Å². The molecule has 0 aliphatic carbocycles. The van der Waals surface area contributed by atoms with E-state index in [-0.39, 0.29) is 88.8 Å². The van der Waals surface area contributed by atoms with E-state index in [0.717, 1.165) is 13.8 Å². The molecule has 16 atom stereocenters. The summed E-state index contributed by atoms with van der Waals surface area (Å²) in [5.41, 5.74) is 25.6. The number of carbonyl (C=O) groups is 18. The number of hydrogen-bond donors (Lipinski definition) is 28. The molecule has 135 heavy (non-hydrogen) atoms. The first-order chi connectivity index (χ1) is 64.4. The normalized spacial score (nSPS) is 14.6. The fourth-order valence-electron chi connectivity index (χ4n) is 13.7. The number of aromatic hydroxyl groups is 1. The molecule has 44 nitrogen and oxygen atoms in total. The number of carboxylic acids is 1. The molecule has 0 bridgehead atoms. The lowest BCUT2D eigenvalue weighted by Gasteiger charge is -2.29. The lowest BCUT2D eigenvalue weighted by molar-refractivity contribution is -0.142. The van der Waals surface area contributed by atoms with Crippen LogP contribution in [0.3, 0.4) is 0 Å². The highest BCUT2D eigenvalue weighted by Crippen LogP contribution is 2.21. The number of primary amides is 1. The van der Waals surface area contributed by atoms with Crippen LogP contribution in [0.4, 0.5) is 0 Å². The molecule has 0 fully saturated rings. The Balaban J connectivity index is 1.23. The van der Waals surface area contributed by atoms with Crippen LogP contribution in [0.25, 0.3) is 10.9 Å². The molecule has 0 aliphatic rings. The second kappa shape index (κ2) is 57.1. The molecule has 0 aliphatic heterocycles. The number of carboxylic acid groups (broad SMARTS) is 1. The summed E-state index contributed by atoms with van der Waals surface area (Å²) < 4.78 is 0. The highest BCUT2D eigenvalue weighted by molar-refractivity contribution is 7.80. The van der Waals surface area contributed by atoms with Gasteiger partial charge in [-0.15, -0.1) is 0 Å². The average Bonchev–Trinajstić information content (AvgIpc) is 1.69. The van der Waals surface area contributed by atoms with Crippen molar-refractivity contribution in [2.45, 2.75) is 195 Å². The Morgan fingerprint density at radius 3 is 1.15 bits per heavy atom. The molecule has 30 N–H and O–H groups in total. The van der Waals surface area contributed by atoms with Gasteiger partial charge in [0.05, 0.1) is 44.9 Å². The van der Waals surface area contributed by atoms with Crippen molar-refractivity contribution in [3.8, 4) is 5.75 Å². The third kappa shape index (κ3) is 37.4. The second-order valence-electron chi connectivity index (χ2n) is 31.8. The number of phenols is 1. The minimum Gasteiger partial charge on any atom is -0.508 e. The third-order valence-corrected chi connectivity index (χ3v) is 21.8. The maximum absolute atomic E-state index is 15.5. The predicted octanol–water partition coefficient (Wildman–Crippen LogP) is -6.78. The zero-order chi connectivity index (χ0) is 99.4. The topological polar surface area (TPSA) is 721 Å². The van der Waals surface area contributed by atoms with E-state index in [1.807, 2.05) is 0 Å². The lowest BCUT2D eigenvalue weighted by Crippen LogP contribution is -2.63. The van der Waals surface area contributed by atoms with Crippen molar-refractivity contribution in [1.29, 1.82) is 0 Å². The molecule has 0 saturated carbocycles. The van der Waals surface area contributed by atoms with Gasteiger partial charge in [-0.1, -0.05) is 121 Å². The fourth-order valence-corrected chi connectivity index (χ4v) is 14.2. The van der Waals surface area contributed by atoms with E-state index < -0.39 is 242 Å². The van der Waals surface area contributed by atoms with Gasteiger partial charge in [0.25, 0.3) is 0 Å². The average molecular weight is 1920 g/mol. The van der Waals surface area contributed by atoms with Crippen LogP contribution in [-0.4, -0.2) is 285 Å². The molecule has 0 spiro atoms. The van der Waals surface area contributed by atoms with Gasteiger partial charge in [0, 0.05) is 60.7 Å². The van der Waals surface area contributed by atoms with Crippen molar-refractivity contribution in [3.63, 3.8) is 0 Å². The molecule has 0 unspecified atom stereocenters. The van der Waals surface area contributed by atoms with Crippen molar-refractivity contribution in [2.75, 3.05) is 50.8 Å². The number of aliphatic carboxylic acids is 1. The van der Waals surface area contributed by atoms with Gasteiger partial charge in [-0.25, -0.2) is 4.79 Å². The number of phenolic OH excluding ortho intramolecular Hbond substituents is 1. The van der Waals surface area contributed by atoms with E-state index in [4.69, 9.17) is 22.9 Å². The van der Waals surface area contributed by atoms with Crippen LogP contribution in [0.5, 0.6) is 5.75 Å². The van der Waals surface area contributed by atoms with Gasteiger partial charge in [-0.3, -0.25) is 81.5 Å². The minimum absolute atomic E-state index is 0.0803. The molecule has 5 aromatic carbocycles. The molecule has 732 valence electrons. The zero-order valence-corrected chi connectivity index (χ0v) is 76.3. The van der Waals surface area contributed by atoms with Crippen molar-refractivity contribution in [1.82, 2.24) is 90.1 Å². The highest BCUT2D eigenvalue weighted by atomic mass is 32.1. The number of para-hydroxylation sites is 1. The molecule has 1 aromatic heterocycles. The van der Waals surface area contributed by atoms with Crippen molar-refractivity contribution >= 4 is 143 Å². The molecule has 1 heterocycles. The van der Waals surface area contributed by atoms with E-state index >= 15 is 14.4 Å². The molecule has 46 heteroatoms. The van der Waals surface area contributed by atoms with Crippen molar-refractivity contribution < 1.29 is 112 Å². The van der Waals surface area contributed by atoms with Gasteiger partial charge in [0.2, 0.25) is 100 Å². The number of benzene rings is 5. The van der Waals surface area contributed by atoms with Crippen LogP contribution in [0.2, 0.25) is 0 Å². The number of rotatable bonds is 58. The molecule has 6 rings (SSSR count). The Kier molecular flexibility index (Phi) is 46.5. The second-order valence-corrected chi connectivity index (χ2v) is 32.5. The summed E-state index contributed by atoms with van der Waals surface area (Å²) in [5, 5.41) is 91.4. The Morgan fingerprint density at radius 2 is 0.711 bits per heavy atom. The lowest BCUT2D eigenvalue weighted by atomic mass is 10.00. The standard InChI is InChI=1S/C89H121N21O23S2/c1-48(97-79(122)61(38-54-29-31-56(114)32-30-54)98-72(117)43-95-71(116)41-92)76(119)96-44-73(118)99-68(46-134)86(129)101-59(27-15-17-33-90)77(120)105-66(40-70(93)115)83(126)103-62(35-51-19-7-4-8-20-51)80(123)102-63(36-52-21-9-5-10-22-52)81(124)104-65(39-55-42-94-58-26-14-13-25-57(55)58)82(125)100-60(28-16-18-34-91)78(121)109-74(49(2)112)87(130)106-64(37-53-23-11-6-12-24-53)84(127)110-75(50(3)113)88(131)107-67(45-111)85(128)108-69(47-135)89(132)133/h4-14,19-26,29-32,42,48-50,59-69,74-75,94,111-114,134-135H,15-18,27-28,33-41,43-47,90-92H2,1-3H3,(H2,93,115)(H,95,116)(H,96,119)(H,97,122)(H,98,117)(H,99,118)(H,100,125)(H,101,129)(H,102,123)(H,103,126)(H,104,124)(H,105,120)(H,106,130)(H,107,131)(H,108,128)(H,109,121)(H,110,127)(H,132,133)/t48-,49+,50+,59-,60-,61-,62-,63-,64-,65-,66-,67-,68-,69-,74-,75-/m0/s1. The number of aromatic nitrogens is 1. The molecular weight excluding hydrogens is 1800 g/mol. The van der Waals surface area contributed by atoms with Gasteiger partial charge >= 0.3 is 5.97 Å². The summed E-state index contributed by atoms with van der Waals surface area (Å²) in [5.74, 6) is -19.7. The quantitative estimate of drug-likeness (QED) is 0.0125. The first-order valence-electron chi connectivity index (χ1n) is 43.4. The number of aliphatic hydroxyl groups is 3. The molecule has 17 amide bonds. The summed E-state index contributed by atoms with van der Waals surface area (Å²) in [7, 11) is 0. The largest absolute Gasteiger partial charge is 0.508 e. The zero-order valence-electron chi connectivity index (χ0n) is 74.5. The van der Waals surface area contributed by atoms with E-state index in [9.17, 15) is 97.5 Å². The maximum Gasteiger partial charge on any atom is 0.327 e. The SMILES string of the molecule is C[C@H](NC(=O)[C@H](Cc1ccc(O)cc1)NC(=O)CNC(=O)CN)C(=O)NCC(=O)N[C@@H](CS)C(=O)N[C@@H](CCCCN)C(=O)N[C@@H](CC(N)=O)C(=O)N[C@@H](Cc1ccccc1)C(=O)N[C@@H](Cc1ccccc1)C(=O)N[C@@H](Cc1c[nH]c2ccccc12)C(=O)N[C@@H](CCCCN)C(=O)N[C@H](C(=O)N[C@@H](Cc1ccccc1)C(=O)N[C@H](C(=O)N[C@@H](CO)C(=O)N[C@@H](CS)C(=O)O)[C@@H](C)O)[C@@H](C)O. The number of H-pyrrole nitrogens is 1. The van der Waals surface area contributed by atoms with Crippen LogP contribution in [0.1, 0.15) is 93.5 Å². The maximum atomic E-state index is 15.5. The van der Waals surface area contributed by atoms with E-state index in [1.54, 1.807) is 121 Å². The summed E-state index contributed by atoms with van der Waals surface area (Å²) in [6, 6.07) is 13.9. The number of unbranched alkanes of at least 4 members (excludes halogenated alkanes) is 2. The third-order valence-electron chi connectivity index (χ3n) is 21.1. The Labute approximate surface area is 788 Å². The molecule has 0 saturated heterocycles. The number of aromatic amines is 1. The number of aliphatic hydroxyl groups excluding tert-OH is 3. The number of thiol groups is 2. The first kappa shape index (κ1) is 110. The van der Waals surface area contributed by atoms with Crippen LogP contribution >= 0.6 is 25.3 Å². The molecule has 6 aromatic rings. The van der Waals surface area contributed by atoms with E-state index in [1.165, 1.54) is 31.2 Å². The molecule has 0 radical (unpaired) electrons. The number of amides is 17. The van der Waals surface area contributed by atoms with Crippen molar-refractivity contribution in [2.24, 2.45) is 22.9 Å². The van der Waals surface area contributed by atoms with Gasteiger partial charge in [-0.05, 0) is 118 Å². The highest BCUT2D eigenvalue weighted by Gasteiger charge is 2.40. The Bertz CT molecular complexity index is 5010. The summed E-state index contributed by atoms with van der Waals surface area (Å²) in [4.78, 5) is 253.